The Morgan fingerprint density at radius 2 is 0.653 bits per heavy atom. The van der Waals surface area contributed by atoms with Gasteiger partial charge in [-0.3, -0.25) is 0 Å². The molecule has 0 N–H and O–H groups in total. The lowest BCUT2D eigenvalue weighted by Crippen LogP contribution is -2.32. The quantitative estimate of drug-likeness (QED) is 0.0456. The Morgan fingerprint density at radius 3 is 0.959 bits per heavy atom. The van der Waals surface area contributed by atoms with Gasteiger partial charge in [-0.1, -0.05) is 168 Å². The first-order chi connectivity index (χ1) is 24.3. The van der Waals surface area contributed by atoms with E-state index in [0.717, 1.165) is 13.1 Å². The van der Waals surface area contributed by atoms with Crippen LogP contribution < -0.4 is 9.13 Å². The molecule has 0 aromatic carbocycles. The molecule has 0 aliphatic carbocycles. The number of hydrogen-bond acceptors (Lipinski definition) is 1. The molecule has 3 rings (SSSR count). The Bertz CT molecular complexity index is 1090. The van der Waals surface area contributed by atoms with E-state index in [-0.39, 0.29) is 0 Å². The van der Waals surface area contributed by atoms with Gasteiger partial charge in [0.25, 0.3) is 0 Å². The monoisotopic (exact) mass is 689 g/mol. The molecule has 0 aliphatic rings. The van der Waals surface area contributed by atoms with Crippen LogP contribution in [0.4, 0.5) is 0 Å². The van der Waals surface area contributed by atoms with Crippen molar-refractivity contribution in [2.24, 2.45) is 0 Å². The van der Waals surface area contributed by atoms with E-state index in [1.165, 1.54) is 201 Å². The third kappa shape index (κ3) is 19.8. The molecule has 2 nitrogen and oxygen atoms in total. The number of unbranched alkanes of at least 4 members (excludes halogenated alkanes) is 26. The molecule has 0 fully saturated rings. The summed E-state index contributed by atoms with van der Waals surface area (Å²) >= 11 is 1.93. The summed E-state index contributed by atoms with van der Waals surface area (Å²) in [6.45, 7) is 6.86. The highest BCUT2D eigenvalue weighted by Gasteiger charge is 2.12. The normalized spacial score (nSPS) is 11.5. The molecular weight excluding hydrogens is 613 g/mol. The van der Waals surface area contributed by atoms with Crippen molar-refractivity contribution in [1.29, 1.82) is 0 Å². The lowest BCUT2D eigenvalue weighted by Gasteiger charge is -2.03. The number of rotatable bonds is 32. The van der Waals surface area contributed by atoms with Crippen molar-refractivity contribution in [2.75, 3.05) is 0 Å². The minimum Gasteiger partial charge on any atom is -0.204 e. The van der Waals surface area contributed by atoms with Crippen LogP contribution in [0.1, 0.15) is 194 Å². The summed E-state index contributed by atoms with van der Waals surface area (Å²) in [7, 11) is 0. The summed E-state index contributed by atoms with van der Waals surface area (Å²) in [4.78, 5) is 2.74. The van der Waals surface area contributed by atoms with E-state index in [2.05, 4.69) is 84.2 Å². The van der Waals surface area contributed by atoms with Gasteiger partial charge in [0, 0.05) is 34.7 Å². The minimum atomic E-state index is 1.13. The number of aryl methyl sites for hydroxylation is 2. The van der Waals surface area contributed by atoms with Crippen LogP contribution in [0, 0.1) is 0 Å². The first-order valence-corrected chi connectivity index (χ1v) is 22.2. The Morgan fingerprint density at radius 1 is 0.367 bits per heavy atom. The van der Waals surface area contributed by atoms with E-state index < -0.39 is 0 Å². The second-order valence-corrected chi connectivity index (χ2v) is 16.1. The van der Waals surface area contributed by atoms with Crippen LogP contribution in [0.3, 0.4) is 0 Å². The van der Waals surface area contributed by atoms with Gasteiger partial charge in [0.1, 0.15) is 13.1 Å². The zero-order chi connectivity index (χ0) is 34.5. The highest BCUT2D eigenvalue weighted by atomic mass is 32.1. The van der Waals surface area contributed by atoms with Gasteiger partial charge in [0.15, 0.2) is 24.8 Å². The van der Waals surface area contributed by atoms with Crippen LogP contribution in [0.5, 0.6) is 0 Å². The predicted molar refractivity (Wildman–Crippen MR) is 216 cm³/mol. The molecule has 274 valence electrons. The van der Waals surface area contributed by atoms with Gasteiger partial charge in [-0.25, -0.2) is 9.13 Å². The van der Waals surface area contributed by atoms with Crippen molar-refractivity contribution in [3.8, 4) is 20.9 Å². The van der Waals surface area contributed by atoms with Gasteiger partial charge >= 0.3 is 0 Å². The highest BCUT2D eigenvalue weighted by molar-refractivity contribution is 7.18. The van der Waals surface area contributed by atoms with E-state index in [0.29, 0.717) is 0 Å². The summed E-state index contributed by atoms with van der Waals surface area (Å²) in [5.74, 6) is 0. The van der Waals surface area contributed by atoms with Gasteiger partial charge in [-0.05, 0) is 37.1 Å². The molecule has 0 bridgehead atoms. The van der Waals surface area contributed by atoms with Gasteiger partial charge in [-0.15, -0.1) is 11.3 Å². The van der Waals surface area contributed by atoms with E-state index in [4.69, 9.17) is 0 Å². The zero-order valence-electron chi connectivity index (χ0n) is 32.3. The summed E-state index contributed by atoms with van der Waals surface area (Å²) in [5, 5.41) is 0. The third-order valence-corrected chi connectivity index (χ3v) is 11.6. The predicted octanol–water partition coefficient (Wildman–Crippen LogP) is 14.6. The molecule has 0 amide bonds. The molecule has 49 heavy (non-hydrogen) atoms. The minimum absolute atomic E-state index is 1.13. The van der Waals surface area contributed by atoms with Crippen LogP contribution in [0.15, 0.2) is 61.2 Å². The van der Waals surface area contributed by atoms with E-state index in [1.807, 2.05) is 11.3 Å². The van der Waals surface area contributed by atoms with Crippen LogP contribution in [-0.4, -0.2) is 0 Å². The maximum absolute atomic E-state index is 2.40. The van der Waals surface area contributed by atoms with Crippen molar-refractivity contribution >= 4 is 11.3 Å². The van der Waals surface area contributed by atoms with Crippen LogP contribution >= 0.6 is 11.3 Å². The Balaban J connectivity index is 1.25. The van der Waals surface area contributed by atoms with E-state index in [9.17, 15) is 0 Å². The standard InChI is InChI=1S/C46H76N2S/c1-3-5-7-9-11-13-15-17-19-21-23-25-27-29-37-47-39-31-33-43(41-47)45-35-36-46(49-45)44-34-32-40-48(42-44)38-30-28-26-24-22-20-18-16-14-12-10-8-6-4-2/h31-36,39-42H,3-30,37-38H2,1-2H3/q+2. The maximum atomic E-state index is 2.40. The molecule has 0 spiro atoms. The topological polar surface area (TPSA) is 7.76 Å². The van der Waals surface area contributed by atoms with Crippen molar-refractivity contribution < 1.29 is 9.13 Å². The molecule has 0 radical (unpaired) electrons. The van der Waals surface area contributed by atoms with Crippen molar-refractivity contribution in [3.05, 3.63) is 61.2 Å². The molecule has 0 atom stereocenters. The smallest absolute Gasteiger partial charge is 0.177 e. The third-order valence-electron chi connectivity index (χ3n) is 10.4. The fourth-order valence-electron chi connectivity index (χ4n) is 7.24. The molecule has 0 unspecified atom stereocenters. The second kappa shape index (κ2) is 28.7. The summed E-state index contributed by atoms with van der Waals surface area (Å²) in [6.07, 6.45) is 48.8. The van der Waals surface area contributed by atoms with Crippen LogP contribution in [-0.2, 0) is 13.1 Å². The van der Waals surface area contributed by atoms with Crippen molar-refractivity contribution in [3.63, 3.8) is 0 Å². The zero-order valence-corrected chi connectivity index (χ0v) is 33.1. The number of hydrogen-bond donors (Lipinski definition) is 0. The maximum Gasteiger partial charge on any atom is 0.177 e. The Hall–Kier alpha value is -2.00. The van der Waals surface area contributed by atoms with Crippen LogP contribution in [0.2, 0.25) is 0 Å². The van der Waals surface area contributed by atoms with Crippen molar-refractivity contribution in [2.45, 2.75) is 207 Å². The summed E-state index contributed by atoms with van der Waals surface area (Å²) in [5.41, 5.74) is 2.69. The lowest BCUT2D eigenvalue weighted by atomic mass is 10.0. The first kappa shape index (κ1) is 41.4. The molecule has 3 heterocycles. The lowest BCUT2D eigenvalue weighted by molar-refractivity contribution is -0.697. The van der Waals surface area contributed by atoms with Gasteiger partial charge in [0.2, 0.25) is 0 Å². The van der Waals surface area contributed by atoms with Crippen molar-refractivity contribution in [1.82, 2.24) is 0 Å². The fraction of sp³-hybridized carbons (Fsp3) is 0.696. The first-order valence-electron chi connectivity index (χ1n) is 21.4. The highest BCUT2D eigenvalue weighted by Crippen LogP contribution is 2.33. The molecule has 0 saturated carbocycles. The number of nitrogens with zero attached hydrogens (tertiary/aromatic N) is 2. The molecule has 0 aliphatic heterocycles. The summed E-state index contributed by atoms with van der Waals surface area (Å²) in [6, 6.07) is 13.6. The molecule has 3 heteroatoms. The Labute approximate surface area is 308 Å². The molecule has 0 saturated heterocycles. The largest absolute Gasteiger partial charge is 0.204 e. The fourth-order valence-corrected chi connectivity index (χ4v) is 8.23. The van der Waals surface area contributed by atoms with Crippen LogP contribution in [0.25, 0.3) is 20.9 Å². The second-order valence-electron chi connectivity index (χ2n) is 15.0. The summed E-state index contributed by atoms with van der Waals surface area (Å²) < 4.78 is 4.81. The van der Waals surface area contributed by atoms with Gasteiger partial charge < -0.3 is 0 Å². The van der Waals surface area contributed by atoms with Gasteiger partial charge in [-0.2, -0.15) is 0 Å². The molecular formula is C46H76N2S+2. The Kier molecular flexibility index (Phi) is 24.2. The number of aromatic nitrogens is 2. The molecule has 3 aromatic rings. The number of thiophene rings is 1. The molecule has 3 aromatic heterocycles. The van der Waals surface area contributed by atoms with E-state index >= 15 is 0 Å². The average Bonchev–Trinajstić information content (AvgIpc) is 3.63. The average molecular weight is 689 g/mol. The SMILES string of the molecule is CCCCCCCCCCCCCCCC[n+]1cccc(-c2ccc(-c3ccc[n+](CCCCCCCCCCCCCCCC)c3)s2)c1. The van der Waals surface area contributed by atoms with Gasteiger partial charge in [0.05, 0.1) is 11.1 Å². The number of pyridine rings is 2. The van der Waals surface area contributed by atoms with E-state index in [1.54, 1.807) is 0 Å².